The van der Waals surface area contributed by atoms with Gasteiger partial charge < -0.3 is 29.4 Å². The van der Waals surface area contributed by atoms with Gasteiger partial charge in [-0.1, -0.05) is 25.1 Å². The number of carbonyl (C=O) groups excluding carboxylic acids is 3. The zero-order valence-electron chi connectivity index (χ0n) is 27.3. The van der Waals surface area contributed by atoms with Crippen LogP contribution in [-0.4, -0.2) is 111 Å². The molecule has 0 radical (unpaired) electrons. The number of hydrogen-bond acceptors (Lipinski definition) is 5. The number of ketones is 1. The van der Waals surface area contributed by atoms with Crippen LogP contribution in [0, 0.1) is 11.8 Å². The Morgan fingerprint density at radius 2 is 1.57 bits per heavy atom. The van der Waals surface area contributed by atoms with Gasteiger partial charge in [-0.05, 0) is 68.2 Å². The number of hydrogen-bond donors (Lipinski definition) is 3. The highest BCUT2D eigenvalue weighted by Crippen LogP contribution is 2.51. The van der Waals surface area contributed by atoms with Gasteiger partial charge in [0.1, 0.15) is 51.5 Å². The number of rotatable bonds is 7. The summed E-state index contributed by atoms with van der Waals surface area (Å²) in [7, 11) is 0. The normalized spacial score (nSPS) is 30.1. The molecule has 46 heavy (non-hydrogen) atoms. The first-order valence-corrected chi connectivity index (χ1v) is 16.4. The first kappa shape index (κ1) is 30.8. The van der Waals surface area contributed by atoms with Gasteiger partial charge in [-0.15, -0.1) is 0 Å². The van der Waals surface area contributed by atoms with Crippen LogP contribution in [0.3, 0.4) is 0 Å². The van der Waals surface area contributed by atoms with Crippen LogP contribution in [0.4, 0.5) is 0 Å². The Bertz CT molecular complexity index is 1710. The Hall–Kier alpha value is -3.86. The molecule has 10 heteroatoms. The molecule has 8 rings (SSSR count). The van der Waals surface area contributed by atoms with E-state index in [4.69, 9.17) is 0 Å². The lowest BCUT2D eigenvalue weighted by molar-refractivity contribution is -1.08. The van der Waals surface area contributed by atoms with E-state index in [1.807, 2.05) is 45.9 Å². The fraction of sp³-hybridized carbons (Fsp3) is 0.500. The van der Waals surface area contributed by atoms with Gasteiger partial charge in [0.15, 0.2) is 12.3 Å². The number of nitrogens with zero attached hydrogens (tertiary/aromatic N) is 3. The van der Waals surface area contributed by atoms with E-state index in [0.717, 1.165) is 65.9 Å². The number of carbonyl (C=O) groups is 4. The largest absolute Gasteiger partial charge is 0.477 e. The highest BCUT2D eigenvalue weighted by Gasteiger charge is 2.60. The number of carboxylic acids is 1. The Kier molecular flexibility index (Phi) is 6.91. The summed E-state index contributed by atoms with van der Waals surface area (Å²) >= 11 is 0. The Labute approximate surface area is 269 Å². The average Bonchev–Trinajstić information content (AvgIpc) is 3.40. The molecule has 4 fully saturated rings. The minimum Gasteiger partial charge on any atom is -0.477 e. The summed E-state index contributed by atoms with van der Waals surface area (Å²) in [6, 6.07) is 11.3. The van der Waals surface area contributed by atoms with Crippen LogP contribution in [0.15, 0.2) is 42.1 Å². The number of amides is 2. The quantitative estimate of drug-likeness (QED) is 0.273. The first-order valence-electron chi connectivity index (χ1n) is 16.4. The molecule has 0 spiro atoms. The summed E-state index contributed by atoms with van der Waals surface area (Å²) in [6.07, 6.45) is -0.877. The van der Waals surface area contributed by atoms with E-state index in [1.54, 1.807) is 13.0 Å². The molecule has 0 aromatic heterocycles. The monoisotopic (exact) mass is 628 g/mol. The maximum atomic E-state index is 13.7. The number of nitrogens with one attached hydrogen (secondary N) is 1. The zero-order chi connectivity index (χ0) is 32.9. The van der Waals surface area contributed by atoms with E-state index in [9.17, 15) is 29.4 Å². The summed E-state index contributed by atoms with van der Waals surface area (Å²) in [6.45, 7) is 16.9. The van der Waals surface area contributed by atoms with Gasteiger partial charge in [0.2, 0.25) is 5.91 Å². The van der Waals surface area contributed by atoms with Crippen LogP contribution in [0.2, 0.25) is 0 Å². The Morgan fingerprint density at radius 1 is 0.935 bits per heavy atom. The predicted molar refractivity (Wildman–Crippen MR) is 171 cm³/mol. The molecule has 4 atom stereocenters. The Balaban J connectivity index is 1.12. The van der Waals surface area contributed by atoms with Crippen molar-refractivity contribution in [3.05, 3.63) is 64.3 Å². The number of piperazine rings is 3. The molecule has 2 aromatic rings. The average molecular weight is 629 g/mol. The molecule has 5 aliphatic heterocycles. The maximum Gasteiger partial charge on any atom is 0.352 e. The van der Waals surface area contributed by atoms with E-state index >= 15 is 0 Å². The Morgan fingerprint density at radius 3 is 2.17 bits per heavy atom. The van der Waals surface area contributed by atoms with Gasteiger partial charge in [-0.3, -0.25) is 14.4 Å². The molecule has 2 bridgehead atoms. The van der Waals surface area contributed by atoms with Crippen LogP contribution in [0.1, 0.15) is 61.7 Å². The van der Waals surface area contributed by atoms with E-state index in [2.05, 4.69) is 17.4 Å². The van der Waals surface area contributed by atoms with Crippen molar-refractivity contribution < 1.29 is 38.4 Å². The molecule has 10 nitrogen and oxygen atoms in total. The second kappa shape index (κ2) is 10.3. The van der Waals surface area contributed by atoms with Gasteiger partial charge in [0.25, 0.3) is 5.91 Å². The third-order valence-electron chi connectivity index (χ3n) is 11.2. The second-order valence-electron chi connectivity index (χ2n) is 15.4. The molecule has 1 aliphatic carbocycles. The molecule has 0 saturated carbocycles. The lowest BCUT2D eigenvalue weighted by atomic mass is 9.76. The standard InChI is InChI=1S/C36H42N4O6/c1-20-29(32(35(45)46)38-31(20)30(21(2)41)34(38)44)23-7-9-24-26-16-22(6-8-25(26)33(43)27(24)17-23)18-39-10-13-40(14-11-39,15-12-39)19-28(42)37-36(3,4)5/h6-9,16-17,20-21,30-31,41H,10-15,18-19H2,1-5H3/p+2/t20-,21+,30+,31+,39?,40?/m0/s1. The van der Waals surface area contributed by atoms with Gasteiger partial charge in [0.05, 0.1) is 18.1 Å². The van der Waals surface area contributed by atoms with Crippen molar-refractivity contribution in [2.24, 2.45) is 11.8 Å². The van der Waals surface area contributed by atoms with Crippen LogP contribution in [-0.2, 0) is 20.9 Å². The molecular weight excluding hydrogens is 584 g/mol. The number of aliphatic carboxylic acids is 1. The molecule has 242 valence electrons. The third-order valence-corrected chi connectivity index (χ3v) is 11.2. The van der Waals surface area contributed by atoms with Crippen molar-refractivity contribution in [1.82, 2.24) is 10.2 Å². The van der Waals surface area contributed by atoms with Crippen molar-refractivity contribution in [1.29, 1.82) is 0 Å². The smallest absolute Gasteiger partial charge is 0.352 e. The highest BCUT2D eigenvalue weighted by atomic mass is 16.4. The number of carboxylic acid groups (broad SMARTS) is 1. The zero-order valence-corrected chi connectivity index (χ0v) is 27.3. The molecular formula is C36H44N4O6+2. The lowest BCUT2D eigenvalue weighted by Gasteiger charge is -2.55. The van der Waals surface area contributed by atoms with Gasteiger partial charge in [-0.2, -0.15) is 0 Å². The number of aliphatic hydroxyl groups excluding tert-OH is 1. The summed E-state index contributed by atoms with van der Waals surface area (Å²) in [4.78, 5) is 52.9. The van der Waals surface area contributed by atoms with E-state index < -0.39 is 24.0 Å². The topological polar surface area (TPSA) is 124 Å². The third kappa shape index (κ3) is 4.72. The minimum atomic E-state index is -1.19. The van der Waals surface area contributed by atoms with Crippen molar-refractivity contribution in [3.8, 4) is 11.1 Å². The number of benzene rings is 2. The van der Waals surface area contributed by atoms with E-state index in [-0.39, 0.29) is 34.8 Å². The van der Waals surface area contributed by atoms with Crippen LogP contribution in [0.25, 0.3) is 16.7 Å². The van der Waals surface area contributed by atoms with E-state index in [0.29, 0.717) is 28.8 Å². The summed E-state index contributed by atoms with van der Waals surface area (Å²) in [5.41, 5.74) is 4.97. The number of fused-ring (bicyclic) bond motifs is 7. The van der Waals surface area contributed by atoms with Gasteiger partial charge in [-0.25, -0.2) is 4.79 Å². The maximum absolute atomic E-state index is 13.7. The van der Waals surface area contributed by atoms with Crippen LogP contribution >= 0.6 is 0 Å². The van der Waals surface area contributed by atoms with Crippen LogP contribution in [0.5, 0.6) is 0 Å². The molecule has 2 aromatic carbocycles. The molecule has 3 N–H and O–H groups in total. The number of aliphatic hydroxyl groups is 1. The molecule has 6 aliphatic rings. The highest BCUT2D eigenvalue weighted by molar-refractivity contribution is 6.22. The van der Waals surface area contributed by atoms with Crippen molar-refractivity contribution in [2.45, 2.75) is 58.8 Å². The van der Waals surface area contributed by atoms with Crippen molar-refractivity contribution in [2.75, 3.05) is 45.8 Å². The number of β-lactam (4-membered cyclic amide) rings is 1. The SMILES string of the molecule is C[C@@H](O)[C@H]1C(=O)N2C(C(=O)O)=C(c3ccc4c(c3)C(=O)c3ccc(C[N+]56CC[N+](CC(=O)NC(C)(C)C)(CC5)CC6)cc3-4)[C@H](C)[C@H]12. The molecule has 0 unspecified atom stereocenters. The summed E-state index contributed by atoms with van der Waals surface area (Å²) in [5.74, 6) is -2.47. The van der Waals surface area contributed by atoms with Crippen LogP contribution < -0.4 is 5.32 Å². The van der Waals surface area contributed by atoms with Crippen molar-refractivity contribution >= 4 is 29.1 Å². The minimum absolute atomic E-state index is 0.0564. The van der Waals surface area contributed by atoms with Gasteiger partial charge >= 0.3 is 5.97 Å². The molecule has 2 amide bonds. The first-order chi connectivity index (χ1) is 21.6. The second-order valence-corrected chi connectivity index (χ2v) is 15.4. The lowest BCUT2D eigenvalue weighted by Crippen LogP contribution is -2.75. The predicted octanol–water partition coefficient (Wildman–Crippen LogP) is 2.63. The fourth-order valence-corrected chi connectivity index (χ4v) is 8.91. The summed E-state index contributed by atoms with van der Waals surface area (Å²) < 4.78 is 1.86. The van der Waals surface area contributed by atoms with Crippen molar-refractivity contribution in [3.63, 3.8) is 0 Å². The van der Waals surface area contributed by atoms with E-state index in [1.165, 1.54) is 10.5 Å². The molecule has 5 heterocycles. The number of quaternary nitrogens is 2. The summed E-state index contributed by atoms with van der Waals surface area (Å²) in [5, 5.41) is 23.5. The molecule has 4 saturated heterocycles. The fourth-order valence-electron chi connectivity index (χ4n) is 8.91. The van der Waals surface area contributed by atoms with Gasteiger partial charge in [0, 0.05) is 28.1 Å².